The Labute approximate surface area is 190 Å². The van der Waals surface area contributed by atoms with E-state index in [9.17, 15) is 9.59 Å². The molecule has 0 aliphatic rings. The fourth-order valence-corrected chi connectivity index (χ4v) is 4.24. The Kier molecular flexibility index (Phi) is 9.63. The van der Waals surface area contributed by atoms with Gasteiger partial charge < -0.3 is 10.2 Å². The van der Waals surface area contributed by atoms with E-state index in [1.165, 1.54) is 11.8 Å². The van der Waals surface area contributed by atoms with E-state index in [4.69, 9.17) is 34.8 Å². The lowest BCUT2D eigenvalue weighted by Gasteiger charge is -2.29. The Bertz CT molecular complexity index is 864. The number of nitrogens with one attached hydrogen (secondary N) is 1. The molecule has 1 atom stereocenters. The van der Waals surface area contributed by atoms with Gasteiger partial charge in [-0.15, -0.1) is 11.8 Å². The Hall–Kier alpha value is -1.40. The van der Waals surface area contributed by atoms with E-state index in [-0.39, 0.29) is 24.1 Å². The average molecular weight is 474 g/mol. The number of carbonyl (C=O) groups excluding carboxylic acids is 2. The van der Waals surface area contributed by atoms with Gasteiger partial charge in [-0.05, 0) is 49.2 Å². The number of amides is 2. The van der Waals surface area contributed by atoms with Crippen LogP contribution in [0.25, 0.3) is 0 Å². The van der Waals surface area contributed by atoms with Crippen molar-refractivity contribution in [1.29, 1.82) is 0 Å². The van der Waals surface area contributed by atoms with E-state index in [2.05, 4.69) is 5.32 Å². The molecule has 0 fully saturated rings. The fourth-order valence-electron chi connectivity index (χ4n) is 2.70. The second-order valence-electron chi connectivity index (χ2n) is 6.45. The van der Waals surface area contributed by atoms with Gasteiger partial charge in [-0.25, -0.2) is 0 Å². The first-order chi connectivity index (χ1) is 13.8. The van der Waals surface area contributed by atoms with Crippen LogP contribution in [0.5, 0.6) is 0 Å². The zero-order valence-electron chi connectivity index (χ0n) is 16.3. The molecule has 0 bridgehead atoms. The largest absolute Gasteiger partial charge is 0.355 e. The first kappa shape index (κ1) is 23.9. The SMILES string of the molecule is CCNC(=O)C(C)N(Cc1ccc(Cl)cc1Cl)C(=O)CSCc1cccc(Cl)c1. The molecule has 1 unspecified atom stereocenters. The normalized spacial score (nSPS) is 11.8. The molecular formula is C21H23Cl3N2O2S. The molecule has 0 aromatic heterocycles. The lowest BCUT2D eigenvalue weighted by Crippen LogP contribution is -2.48. The summed E-state index contributed by atoms with van der Waals surface area (Å²) in [5, 5.41) is 4.42. The number of carbonyl (C=O) groups is 2. The average Bonchev–Trinajstić information content (AvgIpc) is 2.67. The Morgan fingerprint density at radius 1 is 1.10 bits per heavy atom. The molecule has 0 radical (unpaired) electrons. The maximum absolute atomic E-state index is 13.0. The molecule has 2 aromatic carbocycles. The van der Waals surface area contributed by atoms with Gasteiger partial charge in [0, 0.05) is 33.9 Å². The zero-order valence-corrected chi connectivity index (χ0v) is 19.3. The molecule has 2 rings (SSSR count). The van der Waals surface area contributed by atoms with Crippen molar-refractivity contribution in [2.45, 2.75) is 32.2 Å². The van der Waals surface area contributed by atoms with Crippen LogP contribution in [0.15, 0.2) is 42.5 Å². The summed E-state index contributed by atoms with van der Waals surface area (Å²) in [5.74, 6) is 0.548. The van der Waals surface area contributed by atoms with Crippen molar-refractivity contribution in [3.63, 3.8) is 0 Å². The van der Waals surface area contributed by atoms with E-state index in [0.717, 1.165) is 11.1 Å². The van der Waals surface area contributed by atoms with Crippen LogP contribution in [-0.2, 0) is 21.9 Å². The highest BCUT2D eigenvalue weighted by Crippen LogP contribution is 2.24. The van der Waals surface area contributed by atoms with Gasteiger partial charge in [0.1, 0.15) is 6.04 Å². The van der Waals surface area contributed by atoms with Gasteiger partial charge in [0.2, 0.25) is 11.8 Å². The Balaban J connectivity index is 2.10. The molecular weight excluding hydrogens is 451 g/mol. The van der Waals surface area contributed by atoms with E-state index >= 15 is 0 Å². The minimum atomic E-state index is -0.624. The summed E-state index contributed by atoms with van der Waals surface area (Å²) in [6.45, 7) is 4.28. The number of nitrogens with zero attached hydrogens (tertiary/aromatic N) is 1. The summed E-state index contributed by atoms with van der Waals surface area (Å²) in [6.07, 6.45) is 0. The second-order valence-corrected chi connectivity index (χ2v) is 8.72. The van der Waals surface area contributed by atoms with Crippen LogP contribution in [0.1, 0.15) is 25.0 Å². The lowest BCUT2D eigenvalue weighted by atomic mass is 10.1. The summed E-state index contributed by atoms with van der Waals surface area (Å²) in [7, 11) is 0. The predicted octanol–water partition coefficient (Wildman–Crippen LogP) is 5.43. The van der Waals surface area contributed by atoms with Crippen molar-refractivity contribution in [3.05, 3.63) is 68.7 Å². The summed E-state index contributed by atoms with van der Waals surface area (Å²) < 4.78 is 0. The van der Waals surface area contributed by atoms with Gasteiger partial charge in [0.25, 0.3) is 0 Å². The zero-order chi connectivity index (χ0) is 21.4. The van der Waals surface area contributed by atoms with Crippen molar-refractivity contribution >= 4 is 58.4 Å². The highest BCUT2D eigenvalue weighted by Gasteiger charge is 2.26. The number of rotatable bonds is 9. The molecule has 4 nitrogen and oxygen atoms in total. The smallest absolute Gasteiger partial charge is 0.242 e. The number of benzene rings is 2. The molecule has 2 aromatic rings. The van der Waals surface area contributed by atoms with Crippen molar-refractivity contribution in [2.75, 3.05) is 12.3 Å². The van der Waals surface area contributed by atoms with Crippen LogP contribution >= 0.6 is 46.6 Å². The number of hydrogen-bond acceptors (Lipinski definition) is 3. The van der Waals surface area contributed by atoms with Gasteiger partial charge in [-0.1, -0.05) is 53.0 Å². The molecule has 1 N–H and O–H groups in total. The maximum atomic E-state index is 13.0. The molecule has 8 heteroatoms. The van der Waals surface area contributed by atoms with Gasteiger partial charge in [-0.2, -0.15) is 0 Å². The molecule has 29 heavy (non-hydrogen) atoms. The first-order valence-corrected chi connectivity index (χ1v) is 11.4. The Morgan fingerprint density at radius 2 is 1.83 bits per heavy atom. The third-order valence-corrected chi connectivity index (χ3v) is 6.07. The van der Waals surface area contributed by atoms with Gasteiger partial charge in [-0.3, -0.25) is 9.59 Å². The maximum Gasteiger partial charge on any atom is 0.242 e. The van der Waals surface area contributed by atoms with Gasteiger partial charge >= 0.3 is 0 Å². The standard InChI is InChI=1S/C21H23Cl3N2O2S/c1-3-25-21(28)14(2)26(11-16-7-8-18(23)10-19(16)24)20(27)13-29-12-15-5-4-6-17(22)9-15/h4-10,14H,3,11-13H2,1-2H3,(H,25,28). The van der Waals surface area contributed by atoms with Crippen molar-refractivity contribution in [3.8, 4) is 0 Å². The van der Waals surface area contributed by atoms with Crippen LogP contribution in [-0.4, -0.2) is 35.1 Å². The summed E-state index contributed by atoms with van der Waals surface area (Å²) in [5.41, 5.74) is 1.78. The molecule has 0 spiro atoms. The number of thioether (sulfide) groups is 1. The van der Waals surface area contributed by atoms with E-state index in [0.29, 0.717) is 27.4 Å². The second kappa shape index (κ2) is 11.7. The van der Waals surface area contributed by atoms with Crippen molar-refractivity contribution in [2.24, 2.45) is 0 Å². The van der Waals surface area contributed by atoms with Crippen LogP contribution in [0, 0.1) is 0 Å². The number of hydrogen-bond donors (Lipinski definition) is 1. The van der Waals surface area contributed by atoms with Crippen molar-refractivity contribution in [1.82, 2.24) is 10.2 Å². The quantitative estimate of drug-likeness (QED) is 0.528. The highest BCUT2D eigenvalue weighted by atomic mass is 35.5. The lowest BCUT2D eigenvalue weighted by molar-refractivity contribution is -0.138. The van der Waals surface area contributed by atoms with Crippen LogP contribution in [0.4, 0.5) is 0 Å². The molecule has 2 amide bonds. The van der Waals surface area contributed by atoms with E-state index in [1.54, 1.807) is 30.0 Å². The topological polar surface area (TPSA) is 49.4 Å². The monoisotopic (exact) mass is 472 g/mol. The first-order valence-electron chi connectivity index (χ1n) is 9.15. The summed E-state index contributed by atoms with van der Waals surface area (Å²) >= 11 is 19.7. The minimum Gasteiger partial charge on any atom is -0.355 e. The number of halogens is 3. The highest BCUT2D eigenvalue weighted by molar-refractivity contribution is 7.99. The third kappa shape index (κ3) is 7.41. The minimum absolute atomic E-state index is 0.137. The Morgan fingerprint density at radius 3 is 2.48 bits per heavy atom. The van der Waals surface area contributed by atoms with Crippen LogP contribution < -0.4 is 5.32 Å². The van der Waals surface area contributed by atoms with Gasteiger partial charge in [0.15, 0.2) is 0 Å². The van der Waals surface area contributed by atoms with Gasteiger partial charge in [0.05, 0.1) is 5.75 Å². The molecule has 0 aliphatic carbocycles. The number of likely N-dealkylation sites (N-methyl/N-ethyl adjacent to an activating group) is 1. The summed E-state index contributed by atoms with van der Waals surface area (Å²) in [6, 6.07) is 12.0. The van der Waals surface area contributed by atoms with Crippen LogP contribution in [0.2, 0.25) is 15.1 Å². The molecule has 0 saturated heterocycles. The third-order valence-electron chi connectivity index (χ3n) is 4.26. The van der Waals surface area contributed by atoms with E-state index in [1.807, 2.05) is 31.2 Å². The molecule has 0 aliphatic heterocycles. The summed E-state index contributed by atoms with van der Waals surface area (Å²) in [4.78, 5) is 26.9. The van der Waals surface area contributed by atoms with Crippen molar-refractivity contribution < 1.29 is 9.59 Å². The fraction of sp³-hybridized carbons (Fsp3) is 0.333. The predicted molar refractivity (Wildman–Crippen MR) is 123 cm³/mol. The molecule has 0 saturated carbocycles. The van der Waals surface area contributed by atoms with Crippen LogP contribution in [0.3, 0.4) is 0 Å². The molecule has 156 valence electrons. The van der Waals surface area contributed by atoms with E-state index < -0.39 is 6.04 Å². The molecule has 0 heterocycles.